The van der Waals surface area contributed by atoms with Gasteiger partial charge in [-0.15, -0.1) is 0 Å². The summed E-state index contributed by atoms with van der Waals surface area (Å²) in [5.41, 5.74) is 2.03. The van der Waals surface area contributed by atoms with E-state index < -0.39 is 5.97 Å². The Hall–Kier alpha value is -3.93. The highest BCUT2D eigenvalue weighted by atomic mass is 19.1. The van der Waals surface area contributed by atoms with Crippen molar-refractivity contribution in [3.05, 3.63) is 101 Å². The van der Waals surface area contributed by atoms with Gasteiger partial charge in [0.25, 0.3) is 5.91 Å². The summed E-state index contributed by atoms with van der Waals surface area (Å²) in [6.45, 7) is 0.187. The molecule has 0 aromatic heterocycles. The van der Waals surface area contributed by atoms with Gasteiger partial charge in [-0.3, -0.25) is 9.69 Å². The van der Waals surface area contributed by atoms with Gasteiger partial charge in [0.2, 0.25) is 0 Å². The molecule has 1 heterocycles. The highest BCUT2D eigenvalue weighted by Gasteiger charge is 2.30. The van der Waals surface area contributed by atoms with Gasteiger partial charge in [-0.1, -0.05) is 36.4 Å². The minimum absolute atomic E-state index is 0.100. The number of carbonyl (C=O) groups is 2. The van der Waals surface area contributed by atoms with Crippen molar-refractivity contribution >= 4 is 23.6 Å². The van der Waals surface area contributed by atoms with Crippen molar-refractivity contribution in [2.24, 2.45) is 0 Å². The molecule has 0 radical (unpaired) electrons. The molecule has 4 rings (SSSR count). The van der Waals surface area contributed by atoms with Crippen LogP contribution in [0.3, 0.4) is 0 Å². The molecule has 0 saturated carbocycles. The molecule has 29 heavy (non-hydrogen) atoms. The van der Waals surface area contributed by atoms with Crippen LogP contribution in [-0.4, -0.2) is 17.0 Å². The molecular weight excluding hydrogens is 373 g/mol. The number of nitrogens with zero attached hydrogens (tertiary/aromatic N) is 1. The molecule has 0 bridgehead atoms. The molecule has 0 fully saturated rings. The van der Waals surface area contributed by atoms with Crippen molar-refractivity contribution in [3.8, 4) is 5.75 Å². The molecule has 1 amide bonds. The summed E-state index contributed by atoms with van der Waals surface area (Å²) in [5.74, 6) is -1.15. The van der Waals surface area contributed by atoms with Crippen molar-refractivity contribution in [1.29, 1.82) is 0 Å². The van der Waals surface area contributed by atoms with Crippen molar-refractivity contribution in [2.45, 2.75) is 6.54 Å². The molecule has 1 N–H and O–H groups in total. The van der Waals surface area contributed by atoms with E-state index in [1.165, 1.54) is 29.2 Å². The molecule has 0 atom stereocenters. The number of carboxylic acids is 1. The van der Waals surface area contributed by atoms with Crippen LogP contribution in [0, 0.1) is 5.82 Å². The maximum Gasteiger partial charge on any atom is 0.335 e. The van der Waals surface area contributed by atoms with Crippen LogP contribution in [0.2, 0.25) is 0 Å². The Labute approximate surface area is 166 Å². The molecule has 0 saturated heterocycles. The molecule has 3 aromatic rings. The van der Waals surface area contributed by atoms with E-state index in [0.717, 1.165) is 0 Å². The standard InChI is InChI=1S/C23H16FNO4/c24-18-5-3-4-16(12-18)14-25-19-6-1-2-7-20(19)29-21(22(25)26)13-15-8-10-17(11-9-15)23(27)28/h1-13H,14H2,(H,27,28). The summed E-state index contributed by atoms with van der Waals surface area (Å²) in [6, 6.07) is 19.3. The molecule has 0 unspecified atom stereocenters. The molecule has 1 aliphatic rings. The quantitative estimate of drug-likeness (QED) is 0.668. The van der Waals surface area contributed by atoms with E-state index in [1.54, 1.807) is 54.6 Å². The highest BCUT2D eigenvalue weighted by molar-refractivity contribution is 6.09. The number of carboxylic acid groups (broad SMARTS) is 1. The number of hydrogen-bond acceptors (Lipinski definition) is 3. The number of ether oxygens (including phenoxy) is 1. The second kappa shape index (κ2) is 7.59. The monoisotopic (exact) mass is 389 g/mol. The summed E-state index contributed by atoms with van der Waals surface area (Å²) in [5, 5.41) is 9.02. The van der Waals surface area contributed by atoms with Gasteiger partial charge in [-0.2, -0.15) is 0 Å². The Morgan fingerprint density at radius 1 is 1.03 bits per heavy atom. The van der Waals surface area contributed by atoms with Gasteiger partial charge >= 0.3 is 5.97 Å². The van der Waals surface area contributed by atoms with Crippen LogP contribution < -0.4 is 9.64 Å². The van der Waals surface area contributed by atoms with Crippen molar-refractivity contribution in [2.75, 3.05) is 4.90 Å². The predicted molar refractivity (Wildman–Crippen MR) is 106 cm³/mol. The molecule has 6 heteroatoms. The molecule has 5 nitrogen and oxygen atoms in total. The van der Waals surface area contributed by atoms with E-state index in [0.29, 0.717) is 22.6 Å². The minimum Gasteiger partial charge on any atom is -0.478 e. The van der Waals surface area contributed by atoms with Crippen LogP contribution in [0.25, 0.3) is 6.08 Å². The van der Waals surface area contributed by atoms with Crippen LogP contribution in [-0.2, 0) is 11.3 Å². The lowest BCUT2D eigenvalue weighted by Gasteiger charge is -2.30. The zero-order valence-electron chi connectivity index (χ0n) is 15.2. The molecule has 0 spiro atoms. The largest absolute Gasteiger partial charge is 0.478 e. The molecule has 3 aromatic carbocycles. The van der Waals surface area contributed by atoms with E-state index in [4.69, 9.17) is 9.84 Å². The first-order valence-corrected chi connectivity index (χ1v) is 8.89. The lowest BCUT2D eigenvalue weighted by atomic mass is 10.1. The van der Waals surface area contributed by atoms with Crippen LogP contribution in [0.1, 0.15) is 21.5 Å². The maximum atomic E-state index is 13.6. The fourth-order valence-corrected chi connectivity index (χ4v) is 3.11. The minimum atomic E-state index is -1.02. The summed E-state index contributed by atoms with van der Waals surface area (Å²) in [7, 11) is 0. The third kappa shape index (κ3) is 3.87. The smallest absolute Gasteiger partial charge is 0.335 e. The Morgan fingerprint density at radius 2 is 1.79 bits per heavy atom. The van der Waals surface area contributed by atoms with Gasteiger partial charge in [0, 0.05) is 0 Å². The normalized spacial score (nSPS) is 14.4. The van der Waals surface area contributed by atoms with Gasteiger partial charge < -0.3 is 9.84 Å². The predicted octanol–water partition coefficient (Wildman–Crippen LogP) is 4.49. The van der Waals surface area contributed by atoms with E-state index in [1.807, 2.05) is 0 Å². The van der Waals surface area contributed by atoms with Gasteiger partial charge in [-0.25, -0.2) is 9.18 Å². The second-order valence-corrected chi connectivity index (χ2v) is 6.53. The van der Waals surface area contributed by atoms with Gasteiger partial charge in [0.05, 0.1) is 17.8 Å². The van der Waals surface area contributed by atoms with E-state index >= 15 is 0 Å². The van der Waals surface area contributed by atoms with Crippen molar-refractivity contribution in [3.63, 3.8) is 0 Å². The van der Waals surface area contributed by atoms with Crippen molar-refractivity contribution in [1.82, 2.24) is 0 Å². The van der Waals surface area contributed by atoms with Crippen LogP contribution in [0.4, 0.5) is 10.1 Å². The average Bonchev–Trinajstić information content (AvgIpc) is 2.71. The number of aromatic carboxylic acids is 1. The zero-order valence-corrected chi connectivity index (χ0v) is 15.2. The SMILES string of the molecule is O=C(O)c1ccc(C=C2Oc3ccccc3N(Cc3cccc(F)c3)C2=O)cc1. The lowest BCUT2D eigenvalue weighted by Crippen LogP contribution is -2.36. The van der Waals surface area contributed by atoms with Gasteiger partial charge in [-0.05, 0) is 53.6 Å². The van der Waals surface area contributed by atoms with Gasteiger partial charge in [0.15, 0.2) is 11.5 Å². The first-order chi connectivity index (χ1) is 14.0. The first-order valence-electron chi connectivity index (χ1n) is 8.89. The van der Waals surface area contributed by atoms with E-state index in [9.17, 15) is 14.0 Å². The van der Waals surface area contributed by atoms with Gasteiger partial charge in [0.1, 0.15) is 5.82 Å². The fraction of sp³-hybridized carbons (Fsp3) is 0.0435. The number of hydrogen-bond donors (Lipinski definition) is 1. The summed E-state index contributed by atoms with van der Waals surface area (Å²) in [6.07, 6.45) is 1.56. The Bertz CT molecular complexity index is 1120. The number of fused-ring (bicyclic) bond motifs is 1. The molecular formula is C23H16FNO4. The van der Waals surface area contributed by atoms with E-state index in [-0.39, 0.29) is 29.6 Å². The molecule has 1 aliphatic heterocycles. The third-order valence-electron chi connectivity index (χ3n) is 4.52. The molecule has 144 valence electrons. The topological polar surface area (TPSA) is 66.8 Å². The Morgan fingerprint density at radius 3 is 2.52 bits per heavy atom. The summed E-state index contributed by atoms with van der Waals surface area (Å²) in [4.78, 5) is 25.6. The van der Waals surface area contributed by atoms with Crippen LogP contribution in [0.15, 0.2) is 78.6 Å². The van der Waals surface area contributed by atoms with Crippen LogP contribution in [0.5, 0.6) is 5.75 Å². The number of anilines is 1. The van der Waals surface area contributed by atoms with Crippen LogP contribution >= 0.6 is 0 Å². The number of para-hydroxylation sites is 2. The Kier molecular flexibility index (Phi) is 4.83. The number of carbonyl (C=O) groups excluding carboxylic acids is 1. The van der Waals surface area contributed by atoms with Crippen molar-refractivity contribution < 1.29 is 23.8 Å². The molecule has 0 aliphatic carbocycles. The number of benzene rings is 3. The second-order valence-electron chi connectivity index (χ2n) is 6.53. The summed E-state index contributed by atoms with van der Waals surface area (Å²) < 4.78 is 19.4. The summed E-state index contributed by atoms with van der Waals surface area (Å²) >= 11 is 0. The maximum absolute atomic E-state index is 13.6. The zero-order chi connectivity index (χ0) is 20.4. The third-order valence-corrected chi connectivity index (χ3v) is 4.52. The number of amides is 1. The first kappa shape index (κ1) is 18.4. The highest BCUT2D eigenvalue weighted by Crippen LogP contribution is 2.36. The van der Waals surface area contributed by atoms with E-state index in [2.05, 4.69) is 0 Å². The average molecular weight is 389 g/mol. The Balaban J connectivity index is 1.70. The number of halogens is 1. The number of rotatable bonds is 4. The lowest BCUT2D eigenvalue weighted by molar-refractivity contribution is -0.117. The fourth-order valence-electron chi connectivity index (χ4n) is 3.11.